The Hall–Kier alpha value is -0.670. The number of hydrogen-bond acceptors (Lipinski definition) is 3. The maximum absolute atomic E-state index is 5.75. The second-order valence-corrected chi connectivity index (χ2v) is 5.17. The van der Waals surface area contributed by atoms with Gasteiger partial charge in [0.1, 0.15) is 0 Å². The number of nitrogens with zero attached hydrogens (tertiary/aromatic N) is 1. The minimum Gasteiger partial charge on any atom is -0.399 e. The highest BCUT2D eigenvalue weighted by Crippen LogP contribution is 2.11. The van der Waals surface area contributed by atoms with E-state index >= 15 is 0 Å². The first kappa shape index (κ1) is 10.8. The van der Waals surface area contributed by atoms with Crippen LogP contribution < -0.4 is 5.73 Å². The van der Waals surface area contributed by atoms with Crippen molar-refractivity contribution < 1.29 is 0 Å². The molecule has 0 radical (unpaired) electrons. The van der Waals surface area contributed by atoms with Crippen LogP contribution in [0, 0.1) is 0 Å². The van der Waals surface area contributed by atoms with Crippen LogP contribution in [0.1, 0.15) is 5.56 Å². The molecule has 0 atom stereocenters. The molecule has 2 N–H and O–H groups in total. The smallest absolute Gasteiger partial charge is 0.0316 e. The summed E-state index contributed by atoms with van der Waals surface area (Å²) in [5.74, 6) is 2.58. The predicted octanol–water partition coefficient (Wildman–Crippen LogP) is 1.86. The van der Waals surface area contributed by atoms with E-state index in [1.165, 1.54) is 36.7 Å². The van der Waals surface area contributed by atoms with Crippen LogP contribution >= 0.6 is 11.8 Å². The van der Waals surface area contributed by atoms with Crippen molar-refractivity contribution in [1.82, 2.24) is 4.90 Å². The van der Waals surface area contributed by atoms with Crippen LogP contribution in [0.5, 0.6) is 0 Å². The average molecular weight is 222 g/mol. The molecule has 1 aliphatic heterocycles. The van der Waals surface area contributed by atoms with Gasteiger partial charge in [-0.05, 0) is 24.1 Å². The molecule has 15 heavy (non-hydrogen) atoms. The van der Waals surface area contributed by atoms with E-state index in [9.17, 15) is 0 Å². The Morgan fingerprint density at radius 1 is 1.27 bits per heavy atom. The van der Waals surface area contributed by atoms with Crippen molar-refractivity contribution >= 4 is 17.4 Å². The lowest BCUT2D eigenvalue weighted by atomic mass is 10.1. The Labute approximate surface area is 95.8 Å². The van der Waals surface area contributed by atoms with E-state index in [0.29, 0.717) is 0 Å². The zero-order chi connectivity index (χ0) is 10.5. The summed E-state index contributed by atoms with van der Waals surface area (Å²) in [7, 11) is 0. The maximum atomic E-state index is 5.75. The molecular weight excluding hydrogens is 204 g/mol. The molecule has 1 heterocycles. The monoisotopic (exact) mass is 222 g/mol. The van der Waals surface area contributed by atoms with E-state index in [1.54, 1.807) is 0 Å². The Morgan fingerprint density at radius 3 is 2.80 bits per heavy atom. The zero-order valence-corrected chi connectivity index (χ0v) is 9.80. The maximum Gasteiger partial charge on any atom is 0.0316 e. The summed E-state index contributed by atoms with van der Waals surface area (Å²) in [4.78, 5) is 2.54. The summed E-state index contributed by atoms with van der Waals surface area (Å²) < 4.78 is 0. The van der Waals surface area contributed by atoms with Gasteiger partial charge in [-0.2, -0.15) is 11.8 Å². The zero-order valence-electron chi connectivity index (χ0n) is 8.98. The first-order valence-electron chi connectivity index (χ1n) is 5.49. The highest BCUT2D eigenvalue weighted by Gasteiger charge is 2.09. The van der Waals surface area contributed by atoms with Crippen molar-refractivity contribution in [2.75, 3.05) is 36.9 Å². The van der Waals surface area contributed by atoms with Crippen LogP contribution in [-0.4, -0.2) is 36.0 Å². The van der Waals surface area contributed by atoms with Gasteiger partial charge in [0.25, 0.3) is 0 Å². The van der Waals surface area contributed by atoms with Crippen molar-refractivity contribution in [3.8, 4) is 0 Å². The molecule has 2 nitrogen and oxygen atoms in total. The van der Waals surface area contributed by atoms with Gasteiger partial charge in [-0.15, -0.1) is 0 Å². The Morgan fingerprint density at radius 2 is 2.07 bits per heavy atom. The van der Waals surface area contributed by atoms with Crippen LogP contribution in [0.25, 0.3) is 0 Å². The Balaban J connectivity index is 1.81. The summed E-state index contributed by atoms with van der Waals surface area (Å²) in [6.07, 6.45) is 1.12. The van der Waals surface area contributed by atoms with E-state index in [0.717, 1.165) is 12.1 Å². The molecule has 0 unspecified atom stereocenters. The topological polar surface area (TPSA) is 29.3 Å². The molecule has 1 aliphatic rings. The summed E-state index contributed by atoms with van der Waals surface area (Å²) >= 11 is 2.06. The number of thioether (sulfide) groups is 1. The van der Waals surface area contributed by atoms with Crippen LogP contribution in [0.4, 0.5) is 5.69 Å². The van der Waals surface area contributed by atoms with Crippen LogP contribution in [0.2, 0.25) is 0 Å². The fourth-order valence-corrected chi connectivity index (χ4v) is 2.84. The largest absolute Gasteiger partial charge is 0.399 e. The minimum absolute atomic E-state index is 0.877. The van der Waals surface area contributed by atoms with E-state index in [-0.39, 0.29) is 0 Å². The molecule has 1 saturated heterocycles. The van der Waals surface area contributed by atoms with E-state index < -0.39 is 0 Å². The number of hydrogen-bond donors (Lipinski definition) is 1. The first-order valence-corrected chi connectivity index (χ1v) is 6.64. The second-order valence-electron chi connectivity index (χ2n) is 3.95. The number of nitrogens with two attached hydrogens (primary N) is 1. The molecule has 0 aromatic heterocycles. The van der Waals surface area contributed by atoms with Gasteiger partial charge in [-0.25, -0.2) is 0 Å². The molecule has 3 heteroatoms. The van der Waals surface area contributed by atoms with E-state index in [4.69, 9.17) is 5.73 Å². The molecule has 0 saturated carbocycles. The number of benzene rings is 1. The van der Waals surface area contributed by atoms with E-state index in [2.05, 4.69) is 28.8 Å². The van der Waals surface area contributed by atoms with Crippen LogP contribution in [0.15, 0.2) is 24.3 Å². The molecular formula is C12H18N2S. The Kier molecular flexibility index (Phi) is 3.92. The lowest BCUT2D eigenvalue weighted by molar-refractivity contribution is 0.306. The van der Waals surface area contributed by atoms with Crippen molar-refractivity contribution in [3.05, 3.63) is 29.8 Å². The van der Waals surface area contributed by atoms with E-state index in [1.807, 2.05) is 12.1 Å². The van der Waals surface area contributed by atoms with Gasteiger partial charge in [0.05, 0.1) is 0 Å². The first-order chi connectivity index (χ1) is 7.34. The molecule has 0 amide bonds. The molecule has 0 spiro atoms. The average Bonchev–Trinajstić information content (AvgIpc) is 2.28. The van der Waals surface area contributed by atoms with Gasteiger partial charge in [-0.3, -0.25) is 0 Å². The molecule has 2 rings (SSSR count). The molecule has 1 aromatic rings. The van der Waals surface area contributed by atoms with Gasteiger partial charge in [-0.1, -0.05) is 12.1 Å². The van der Waals surface area contributed by atoms with Gasteiger partial charge in [0.15, 0.2) is 0 Å². The standard InChI is InChI=1S/C12H18N2S/c13-12-3-1-2-11(10-12)4-5-14-6-8-15-9-7-14/h1-3,10H,4-9,13H2. The number of nitrogen functional groups attached to an aromatic ring is 1. The summed E-state index contributed by atoms with van der Waals surface area (Å²) in [5.41, 5.74) is 7.98. The van der Waals surface area contributed by atoms with Crippen LogP contribution in [0.3, 0.4) is 0 Å². The number of anilines is 1. The van der Waals surface area contributed by atoms with Crippen molar-refractivity contribution in [3.63, 3.8) is 0 Å². The van der Waals surface area contributed by atoms with Crippen molar-refractivity contribution in [2.45, 2.75) is 6.42 Å². The van der Waals surface area contributed by atoms with Crippen molar-refractivity contribution in [1.29, 1.82) is 0 Å². The minimum atomic E-state index is 0.877. The normalized spacial score (nSPS) is 17.9. The summed E-state index contributed by atoms with van der Waals surface area (Å²) in [6, 6.07) is 8.23. The predicted molar refractivity (Wildman–Crippen MR) is 68.3 cm³/mol. The fraction of sp³-hybridized carbons (Fsp3) is 0.500. The molecule has 82 valence electrons. The highest BCUT2D eigenvalue weighted by molar-refractivity contribution is 7.99. The van der Waals surface area contributed by atoms with Gasteiger partial charge >= 0.3 is 0 Å². The summed E-state index contributed by atoms with van der Waals surface area (Å²) in [5, 5.41) is 0. The third kappa shape index (κ3) is 3.43. The third-order valence-electron chi connectivity index (χ3n) is 2.77. The quantitative estimate of drug-likeness (QED) is 0.792. The Bertz CT molecular complexity index is 308. The van der Waals surface area contributed by atoms with Crippen molar-refractivity contribution in [2.24, 2.45) is 0 Å². The molecule has 0 aliphatic carbocycles. The highest BCUT2D eigenvalue weighted by atomic mass is 32.2. The second kappa shape index (κ2) is 5.42. The van der Waals surface area contributed by atoms with Gasteiger partial charge < -0.3 is 10.6 Å². The van der Waals surface area contributed by atoms with Crippen LogP contribution in [-0.2, 0) is 6.42 Å². The third-order valence-corrected chi connectivity index (χ3v) is 3.71. The van der Waals surface area contributed by atoms with Gasteiger partial charge in [0, 0.05) is 36.8 Å². The summed E-state index contributed by atoms with van der Waals surface area (Å²) in [6.45, 7) is 3.66. The number of rotatable bonds is 3. The SMILES string of the molecule is Nc1cccc(CCN2CCSCC2)c1. The molecule has 1 aromatic carbocycles. The lowest BCUT2D eigenvalue weighted by Gasteiger charge is -2.26. The molecule has 1 fully saturated rings. The van der Waals surface area contributed by atoms with Gasteiger partial charge in [0.2, 0.25) is 0 Å². The molecule has 0 bridgehead atoms. The lowest BCUT2D eigenvalue weighted by Crippen LogP contribution is -2.34. The fourth-order valence-electron chi connectivity index (χ4n) is 1.86.